The first-order chi connectivity index (χ1) is 41.8. The molecule has 8 rings (SSSR count). The van der Waals surface area contributed by atoms with Gasteiger partial charge in [-0.15, -0.1) is 11.3 Å². The molecular weight excluding hydrogens is 1150 g/mol. The molecule has 4 aliphatic heterocycles. The van der Waals surface area contributed by atoms with Gasteiger partial charge in [-0.05, 0) is 78.8 Å². The van der Waals surface area contributed by atoms with E-state index in [9.17, 15) is 43.3 Å². The number of likely N-dealkylation sites (tertiary alicyclic amines) is 3. The number of β-amino-alcohol motifs (C(OH)–C–C–N with tert-alkyl or cyclic N) is 1. The number of thiazole rings is 1. The van der Waals surface area contributed by atoms with E-state index >= 15 is 0 Å². The van der Waals surface area contributed by atoms with Crippen molar-refractivity contribution >= 4 is 52.5 Å². The molecule has 5 unspecified atom stereocenters. The molecule has 6 N–H and O–H groups in total. The van der Waals surface area contributed by atoms with Crippen LogP contribution in [0.15, 0.2) is 54.3 Å². The van der Waals surface area contributed by atoms with Crippen LogP contribution in [0.2, 0.25) is 0 Å². The van der Waals surface area contributed by atoms with Crippen molar-refractivity contribution in [3.63, 3.8) is 0 Å². The van der Waals surface area contributed by atoms with Gasteiger partial charge in [0.2, 0.25) is 23.6 Å². The number of aliphatic hydroxyl groups excluding tert-OH is 1. The van der Waals surface area contributed by atoms with Gasteiger partial charge in [-0.25, -0.2) is 18.6 Å². The van der Waals surface area contributed by atoms with Gasteiger partial charge in [-0.2, -0.15) is 5.10 Å². The molecule has 0 aliphatic carbocycles. The third-order valence-electron chi connectivity index (χ3n) is 16.3. The molecule has 3 saturated heterocycles. The fourth-order valence-electron chi connectivity index (χ4n) is 11.6. The number of halogens is 2. The Balaban J connectivity index is 0.660. The van der Waals surface area contributed by atoms with Crippen LogP contribution >= 0.6 is 11.3 Å². The zero-order chi connectivity index (χ0) is 62.2. The number of fused-ring (bicyclic) bond motifs is 1. The highest BCUT2D eigenvalue weighted by molar-refractivity contribution is 7.13. The maximum atomic E-state index is 14.7. The normalized spacial score (nSPS) is 19.5. The van der Waals surface area contributed by atoms with E-state index in [1.165, 1.54) is 11.0 Å². The number of ether oxygens (including phenoxy) is 5. The van der Waals surface area contributed by atoms with Crippen molar-refractivity contribution in [3.8, 4) is 21.6 Å². The maximum absolute atomic E-state index is 14.7. The van der Waals surface area contributed by atoms with Crippen molar-refractivity contribution < 1.29 is 61.5 Å². The van der Waals surface area contributed by atoms with Crippen LogP contribution in [0.3, 0.4) is 0 Å². The molecule has 6 heterocycles. The first kappa shape index (κ1) is 66.4. The van der Waals surface area contributed by atoms with Gasteiger partial charge in [0.05, 0.1) is 81.2 Å². The Labute approximate surface area is 511 Å². The average molecular weight is 1230 g/mol. The monoisotopic (exact) mass is 1230 g/mol. The number of urea groups is 1. The van der Waals surface area contributed by atoms with Gasteiger partial charge in [-0.3, -0.25) is 29.3 Å². The van der Waals surface area contributed by atoms with E-state index in [4.69, 9.17) is 23.7 Å². The number of nitrogens with one attached hydrogen (secondary N) is 5. The fraction of sp³-hybridized carbons (Fsp3) is 0.607. The summed E-state index contributed by atoms with van der Waals surface area (Å²) in [6.07, 6.45) is 3.18. The molecule has 87 heavy (non-hydrogen) atoms. The third-order valence-corrected chi connectivity index (χ3v) is 17.3. The van der Waals surface area contributed by atoms with Gasteiger partial charge in [0.25, 0.3) is 6.43 Å². The van der Waals surface area contributed by atoms with Crippen LogP contribution < -0.4 is 26.2 Å². The summed E-state index contributed by atoms with van der Waals surface area (Å²) in [5.74, 6) is -1.60. The van der Waals surface area contributed by atoms with Crippen molar-refractivity contribution in [2.75, 3.05) is 117 Å². The molecule has 2 aromatic heterocycles. The molecule has 4 aliphatic rings. The summed E-state index contributed by atoms with van der Waals surface area (Å²) >= 11 is 1.56. The van der Waals surface area contributed by atoms with Gasteiger partial charge < -0.3 is 69.7 Å². The first-order valence-corrected chi connectivity index (χ1v) is 30.9. The van der Waals surface area contributed by atoms with Crippen molar-refractivity contribution in [3.05, 3.63) is 76.7 Å². The van der Waals surface area contributed by atoms with Crippen LogP contribution in [0.1, 0.15) is 81.7 Å². The molecule has 3 fully saturated rings. The second kappa shape index (κ2) is 31.6. The molecule has 4 aromatic rings. The lowest BCUT2D eigenvalue weighted by molar-refractivity contribution is -0.144. The number of carbonyl (C=O) groups excluding carboxylic acids is 5. The van der Waals surface area contributed by atoms with E-state index in [1.807, 2.05) is 62.9 Å². The number of piperidine rings is 2. The van der Waals surface area contributed by atoms with Crippen LogP contribution in [0, 0.1) is 23.7 Å². The molecule has 476 valence electrons. The number of anilines is 1. The summed E-state index contributed by atoms with van der Waals surface area (Å²) in [6.45, 7) is 11.6. The van der Waals surface area contributed by atoms with E-state index < -0.39 is 47.8 Å². The second-order valence-corrected chi connectivity index (χ2v) is 24.5. The van der Waals surface area contributed by atoms with Gasteiger partial charge >= 0.3 is 6.03 Å². The lowest BCUT2D eigenvalue weighted by atomic mass is 9.85. The molecule has 23 nitrogen and oxygen atoms in total. The summed E-state index contributed by atoms with van der Waals surface area (Å²) in [6, 6.07) is 8.96. The molecule has 26 heteroatoms. The minimum Gasteiger partial charge on any atom is -0.391 e. The SMILES string of the molecule is CNC(=O)N1CCC(NC2CCN(C(=O)COCCOCCOCCOCCOCC(=O)NC(C(=O)N3CC(O)CC3C(=O)NCc3ccc(-c4scnc4C)cc3)C(C)(C)C)CC2)C(C(=N)N2CCCc3cc(-c4cnn(C)c4)c(C(F)F)cc32)C1. The first-order valence-electron chi connectivity index (χ1n) is 30.0. The van der Waals surface area contributed by atoms with Crippen molar-refractivity contribution in [2.45, 2.75) is 109 Å². The molecule has 0 saturated carbocycles. The Morgan fingerprint density at radius 3 is 2.11 bits per heavy atom. The summed E-state index contributed by atoms with van der Waals surface area (Å²) in [7, 11) is 3.33. The third kappa shape index (κ3) is 18.1. The highest BCUT2D eigenvalue weighted by Gasteiger charge is 2.45. The Morgan fingerprint density at radius 1 is 0.851 bits per heavy atom. The molecule has 2 aromatic carbocycles. The summed E-state index contributed by atoms with van der Waals surface area (Å²) in [5, 5.41) is 36.6. The number of hydrogen-bond donors (Lipinski definition) is 6. The largest absolute Gasteiger partial charge is 0.391 e. The van der Waals surface area contributed by atoms with Crippen molar-refractivity contribution in [1.82, 2.24) is 50.7 Å². The standard InChI is InChI=1S/C61H86F2N12O11S/c1-39-54(87-38-67-39)41-11-9-40(10-12-41)31-66-58(79)51-29-45(76)34-75(51)59(80)55(61(2,3)4)70-52(77)36-85-26-24-83-22-20-82-21-23-84-25-27-86-37-53(78)72-17-13-44(14-18-72)69-49-15-19-73(60(81)65-5)35-48(49)57(64)74-16-7-8-42-28-46(43-32-68-71(6)33-43)47(56(62)63)30-50(42)74/h9-12,28,30,32-33,38,44-45,48-49,51,55-56,64,69,76H,7-8,13-27,29,31,34-37H2,1-6H3,(H,65,81)(H,66,79)(H,70,77). The Kier molecular flexibility index (Phi) is 24.1. The number of hydrogen-bond acceptors (Lipinski definition) is 16. The minimum atomic E-state index is -2.73. The minimum absolute atomic E-state index is 0.0360. The van der Waals surface area contributed by atoms with E-state index in [1.54, 1.807) is 57.8 Å². The highest BCUT2D eigenvalue weighted by Crippen LogP contribution is 2.40. The van der Waals surface area contributed by atoms with Gasteiger partial charge in [-0.1, -0.05) is 45.0 Å². The quantitative estimate of drug-likeness (QED) is 0.0269. The molecule has 0 radical (unpaired) electrons. The van der Waals surface area contributed by atoms with E-state index in [0.29, 0.717) is 95.0 Å². The number of aliphatic hydroxyl groups is 1. The summed E-state index contributed by atoms with van der Waals surface area (Å²) in [4.78, 5) is 78.6. The predicted molar refractivity (Wildman–Crippen MR) is 323 cm³/mol. The number of alkyl halides is 2. The summed E-state index contributed by atoms with van der Waals surface area (Å²) < 4.78 is 58.9. The number of amidine groups is 1. The van der Waals surface area contributed by atoms with Gasteiger partial charge in [0.1, 0.15) is 31.1 Å². The van der Waals surface area contributed by atoms with E-state index in [0.717, 1.165) is 33.7 Å². The predicted octanol–water partition coefficient (Wildman–Crippen LogP) is 4.69. The van der Waals surface area contributed by atoms with Gasteiger partial charge in [0.15, 0.2) is 0 Å². The number of nitrogens with zero attached hydrogens (tertiary/aromatic N) is 7. The number of rotatable bonds is 27. The topological polar surface area (TPSA) is 267 Å². The molecule has 6 amide bonds. The molecular formula is C61H86F2N12O11S. The Morgan fingerprint density at radius 2 is 1.51 bits per heavy atom. The number of aromatic nitrogens is 3. The smallest absolute Gasteiger partial charge is 0.317 e. The molecule has 0 bridgehead atoms. The zero-order valence-electron chi connectivity index (χ0n) is 50.8. The number of benzene rings is 2. The van der Waals surface area contributed by atoms with Crippen LogP contribution in [0.5, 0.6) is 0 Å². The maximum Gasteiger partial charge on any atom is 0.317 e. The average Bonchev–Trinajstić information content (AvgIpc) is 1.68. The van der Waals surface area contributed by atoms with Crippen LogP contribution in [-0.4, -0.2) is 213 Å². The zero-order valence-corrected chi connectivity index (χ0v) is 51.6. The fourth-order valence-corrected chi connectivity index (χ4v) is 12.4. The number of amides is 6. The Hall–Kier alpha value is -6.52. The Bertz CT molecular complexity index is 2950. The second-order valence-electron chi connectivity index (χ2n) is 23.6. The van der Waals surface area contributed by atoms with Crippen molar-refractivity contribution in [2.24, 2.45) is 18.4 Å². The lowest BCUT2D eigenvalue weighted by Crippen LogP contribution is -2.60. The number of carbonyl (C=O) groups is 5. The lowest BCUT2D eigenvalue weighted by Gasteiger charge is -2.44. The van der Waals surface area contributed by atoms with Crippen LogP contribution in [-0.2, 0) is 62.9 Å². The summed E-state index contributed by atoms with van der Waals surface area (Å²) in [5.41, 5.74) is 6.38. The van der Waals surface area contributed by atoms with Gasteiger partial charge in [0, 0.05) is 107 Å². The van der Waals surface area contributed by atoms with Crippen molar-refractivity contribution in [1.29, 1.82) is 5.41 Å². The molecule has 0 spiro atoms. The number of aryl methyl sites for hydroxylation is 3. The van der Waals surface area contributed by atoms with Crippen LogP contribution in [0.4, 0.5) is 19.3 Å². The van der Waals surface area contributed by atoms with E-state index in [-0.39, 0.29) is 107 Å². The van der Waals surface area contributed by atoms with E-state index in [2.05, 4.69) is 31.3 Å². The highest BCUT2D eigenvalue weighted by atomic mass is 32.1. The molecule has 5 atom stereocenters. The van der Waals surface area contributed by atoms with Crippen LogP contribution in [0.25, 0.3) is 21.6 Å².